The molecule has 3 heterocycles. The van der Waals surface area contributed by atoms with Gasteiger partial charge in [0.1, 0.15) is 21.4 Å². The van der Waals surface area contributed by atoms with E-state index in [1.807, 2.05) is 0 Å². The summed E-state index contributed by atoms with van der Waals surface area (Å²) in [6.07, 6.45) is 2.59. The highest BCUT2D eigenvalue weighted by Gasteiger charge is 2.27. The summed E-state index contributed by atoms with van der Waals surface area (Å²) in [5, 5.41) is 0. The van der Waals surface area contributed by atoms with Crippen LogP contribution in [0.1, 0.15) is 18.7 Å². The van der Waals surface area contributed by atoms with Crippen molar-refractivity contribution in [1.82, 2.24) is 19.5 Å². The second kappa shape index (κ2) is 9.97. The van der Waals surface area contributed by atoms with Gasteiger partial charge in [-0.25, -0.2) is 27.6 Å². The lowest BCUT2D eigenvalue weighted by molar-refractivity contribution is 0.296. The molecule has 3 aromatic heterocycles. The fourth-order valence-electron chi connectivity index (χ4n) is 3.96. The number of halogens is 1. The van der Waals surface area contributed by atoms with Crippen molar-refractivity contribution < 1.29 is 27.0 Å². The highest BCUT2D eigenvalue weighted by Crippen LogP contribution is 2.33. The summed E-state index contributed by atoms with van der Waals surface area (Å²) in [5.41, 5.74) is 1.47. The number of benzene rings is 1. The normalized spacial score (nSPS) is 12.5. The van der Waals surface area contributed by atoms with Gasteiger partial charge in [-0.3, -0.25) is 4.57 Å². The number of methoxy groups -OCH3 is 2. The molecule has 4 aromatic rings. The van der Waals surface area contributed by atoms with Crippen molar-refractivity contribution in [3.63, 3.8) is 0 Å². The van der Waals surface area contributed by atoms with E-state index >= 15 is 0 Å². The molecule has 10 nitrogen and oxygen atoms in total. The Morgan fingerprint density at radius 3 is 2.53 bits per heavy atom. The Balaban J connectivity index is 1.88. The first-order valence-electron chi connectivity index (χ1n) is 10.9. The lowest BCUT2D eigenvalue weighted by atomic mass is 10.1. The number of pyridine rings is 2. The molecule has 0 amide bonds. The zero-order chi connectivity index (χ0) is 26.0. The number of ether oxygens (including phenoxy) is 3. The number of hydrogen-bond donors (Lipinski definition) is 1. The summed E-state index contributed by atoms with van der Waals surface area (Å²) >= 11 is 0. The van der Waals surface area contributed by atoms with E-state index in [4.69, 9.17) is 14.2 Å². The topological polar surface area (TPSA) is 125 Å². The lowest BCUT2D eigenvalue weighted by Crippen LogP contribution is -2.29. The van der Waals surface area contributed by atoms with Crippen LogP contribution in [0.25, 0.3) is 22.3 Å². The van der Waals surface area contributed by atoms with Gasteiger partial charge in [0.25, 0.3) is 5.88 Å². The molecule has 0 aliphatic heterocycles. The minimum absolute atomic E-state index is 0.183. The molecule has 0 spiro atoms. The van der Waals surface area contributed by atoms with Crippen molar-refractivity contribution in [2.45, 2.75) is 13.0 Å². The zero-order valence-corrected chi connectivity index (χ0v) is 20.9. The maximum Gasteiger partial charge on any atom is 0.328 e. The monoisotopic (exact) mass is 516 g/mol. The van der Waals surface area contributed by atoms with Gasteiger partial charge in [-0.1, -0.05) is 0 Å². The van der Waals surface area contributed by atoms with E-state index in [9.17, 15) is 17.6 Å². The van der Waals surface area contributed by atoms with Gasteiger partial charge in [-0.15, -0.1) is 0 Å². The van der Waals surface area contributed by atoms with Crippen molar-refractivity contribution in [2.24, 2.45) is 0 Å². The van der Waals surface area contributed by atoms with Crippen LogP contribution in [0.4, 0.5) is 4.39 Å². The average molecular weight is 517 g/mol. The van der Waals surface area contributed by atoms with Gasteiger partial charge in [-0.05, 0) is 37.3 Å². The molecule has 1 unspecified atom stereocenters. The molecule has 4 rings (SSSR count). The van der Waals surface area contributed by atoms with Crippen LogP contribution >= 0.6 is 0 Å². The predicted molar refractivity (Wildman–Crippen MR) is 132 cm³/mol. The zero-order valence-electron chi connectivity index (χ0n) is 20.1. The summed E-state index contributed by atoms with van der Waals surface area (Å²) < 4.78 is 55.7. The molecule has 0 radical (unpaired) electrons. The number of aromatic amines is 1. The van der Waals surface area contributed by atoms with Crippen molar-refractivity contribution >= 4 is 21.0 Å². The Morgan fingerprint density at radius 2 is 1.86 bits per heavy atom. The number of nitrogens with one attached hydrogen (secondary N) is 1. The molecule has 12 heteroatoms. The average Bonchev–Trinajstić information content (AvgIpc) is 3.16. The second-order valence-corrected chi connectivity index (χ2v) is 10.2. The van der Waals surface area contributed by atoms with Gasteiger partial charge in [0.05, 0.1) is 43.8 Å². The standard InChI is InChI=1S/C24H25FN4O6S/c1-5-35-23-20(33-2)9-8-17(27-23)19(13-36(4,31)32)29-22-18(28-24(29)30)10-14(12-26-22)16-7-6-15(25)11-21(16)34-3/h6-12,19H,5,13H2,1-4H3,(H,28,30). The largest absolute Gasteiger partial charge is 0.496 e. The van der Waals surface area contributed by atoms with Gasteiger partial charge in [0.15, 0.2) is 11.4 Å². The number of H-pyrrole nitrogens is 1. The van der Waals surface area contributed by atoms with Crippen LogP contribution in [0.3, 0.4) is 0 Å². The first-order chi connectivity index (χ1) is 17.1. The first-order valence-corrected chi connectivity index (χ1v) is 13.0. The van der Waals surface area contributed by atoms with E-state index in [2.05, 4.69) is 15.0 Å². The summed E-state index contributed by atoms with van der Waals surface area (Å²) in [5.74, 6) is 0.00787. The molecule has 0 saturated heterocycles. The van der Waals surface area contributed by atoms with Crippen molar-refractivity contribution in [2.75, 3.05) is 32.8 Å². The molecular weight excluding hydrogens is 491 g/mol. The first kappa shape index (κ1) is 25.2. The fraction of sp³-hybridized carbons (Fsp3) is 0.292. The molecule has 0 fully saturated rings. The van der Waals surface area contributed by atoms with Crippen LogP contribution in [0, 0.1) is 5.82 Å². The van der Waals surface area contributed by atoms with Crippen molar-refractivity contribution in [3.05, 3.63) is 64.6 Å². The highest BCUT2D eigenvalue weighted by atomic mass is 32.2. The Labute approximate surface area is 206 Å². The molecule has 190 valence electrons. The van der Waals surface area contributed by atoms with E-state index in [-0.39, 0.29) is 11.5 Å². The predicted octanol–water partition coefficient (Wildman–Crippen LogP) is 2.98. The SMILES string of the molecule is CCOc1nc(C(CS(C)(=O)=O)n2c(=O)[nH]c3cc(-c4ccc(F)cc4OC)cnc32)ccc1OC. The maximum absolute atomic E-state index is 13.7. The van der Waals surface area contributed by atoms with E-state index in [0.29, 0.717) is 40.4 Å². The molecular formula is C24H25FN4O6S. The summed E-state index contributed by atoms with van der Waals surface area (Å²) in [4.78, 5) is 24.7. The third kappa shape index (κ3) is 5.03. The molecule has 0 saturated carbocycles. The fourth-order valence-corrected chi connectivity index (χ4v) is 4.85. The van der Waals surface area contributed by atoms with Crippen LogP contribution < -0.4 is 19.9 Å². The quantitative estimate of drug-likeness (QED) is 0.360. The molecule has 0 aliphatic rings. The number of rotatable bonds is 9. The van der Waals surface area contributed by atoms with E-state index in [1.165, 1.54) is 37.1 Å². The van der Waals surface area contributed by atoms with E-state index in [0.717, 1.165) is 6.26 Å². The minimum atomic E-state index is -3.55. The van der Waals surface area contributed by atoms with Crippen LogP contribution in [-0.4, -0.2) is 60.8 Å². The Kier molecular flexibility index (Phi) is 6.97. The van der Waals surface area contributed by atoms with E-state index < -0.39 is 33.1 Å². The number of hydrogen-bond acceptors (Lipinski definition) is 8. The van der Waals surface area contributed by atoms with Gasteiger partial charge in [0, 0.05) is 29.6 Å². The van der Waals surface area contributed by atoms with Crippen LogP contribution in [0.2, 0.25) is 0 Å². The molecule has 1 N–H and O–H groups in total. The molecule has 1 aromatic carbocycles. The smallest absolute Gasteiger partial charge is 0.328 e. The number of fused-ring (bicyclic) bond motifs is 1. The number of nitrogens with zero attached hydrogens (tertiary/aromatic N) is 3. The van der Waals surface area contributed by atoms with Crippen molar-refractivity contribution in [1.29, 1.82) is 0 Å². The summed E-state index contributed by atoms with van der Waals surface area (Å²) in [6.45, 7) is 2.09. The van der Waals surface area contributed by atoms with Gasteiger partial charge in [0.2, 0.25) is 0 Å². The van der Waals surface area contributed by atoms with Crippen LogP contribution in [0.15, 0.2) is 47.4 Å². The van der Waals surface area contributed by atoms with Crippen molar-refractivity contribution in [3.8, 4) is 28.5 Å². The third-order valence-electron chi connectivity index (χ3n) is 5.49. The lowest BCUT2D eigenvalue weighted by Gasteiger charge is -2.19. The Hall–Kier alpha value is -3.93. The van der Waals surface area contributed by atoms with Gasteiger partial charge in [-0.2, -0.15) is 0 Å². The summed E-state index contributed by atoms with van der Waals surface area (Å²) in [7, 11) is -0.659. The number of imidazole rings is 1. The maximum atomic E-state index is 13.7. The van der Waals surface area contributed by atoms with Crippen LogP contribution in [0.5, 0.6) is 17.4 Å². The third-order valence-corrected chi connectivity index (χ3v) is 6.41. The van der Waals surface area contributed by atoms with Gasteiger partial charge >= 0.3 is 5.69 Å². The van der Waals surface area contributed by atoms with Gasteiger partial charge < -0.3 is 19.2 Å². The van der Waals surface area contributed by atoms with Crippen LogP contribution in [-0.2, 0) is 9.84 Å². The highest BCUT2D eigenvalue weighted by molar-refractivity contribution is 7.90. The minimum Gasteiger partial charge on any atom is -0.496 e. The molecule has 1 atom stereocenters. The molecule has 0 bridgehead atoms. The molecule has 36 heavy (non-hydrogen) atoms. The Morgan fingerprint density at radius 1 is 1.11 bits per heavy atom. The summed E-state index contributed by atoms with van der Waals surface area (Å²) in [6, 6.07) is 7.96. The van der Waals surface area contributed by atoms with E-state index in [1.54, 1.807) is 31.2 Å². The number of aromatic nitrogens is 4. The second-order valence-electron chi connectivity index (χ2n) is 8.02. The number of sulfone groups is 1. The molecule has 0 aliphatic carbocycles. The Bertz CT molecular complexity index is 1580.